The molecule has 0 aliphatic carbocycles. The standard InChI is InChI=1S/C21H17NO3/c23-20(22-18-12-10-16(11-13-18)21(24)25)19-9-5-4-8-17(19)14-15-6-2-1-3-7-15/h1-13H,14H2,(H,22,23)(H,24,25). The zero-order valence-corrected chi connectivity index (χ0v) is 13.5. The third-order valence-corrected chi connectivity index (χ3v) is 3.89. The number of amides is 1. The summed E-state index contributed by atoms with van der Waals surface area (Å²) in [6.45, 7) is 0. The average molecular weight is 331 g/mol. The maximum absolute atomic E-state index is 12.6. The molecule has 0 unspecified atom stereocenters. The fourth-order valence-corrected chi connectivity index (χ4v) is 2.61. The van der Waals surface area contributed by atoms with Crippen LogP contribution >= 0.6 is 0 Å². The summed E-state index contributed by atoms with van der Waals surface area (Å²) in [5.41, 5.74) is 3.42. The summed E-state index contributed by atoms with van der Waals surface area (Å²) in [5, 5.41) is 11.7. The van der Waals surface area contributed by atoms with Crippen LogP contribution in [-0.2, 0) is 6.42 Å². The summed E-state index contributed by atoms with van der Waals surface area (Å²) in [6.07, 6.45) is 0.669. The lowest BCUT2D eigenvalue weighted by Gasteiger charge is -2.10. The number of hydrogen-bond donors (Lipinski definition) is 2. The van der Waals surface area contributed by atoms with E-state index >= 15 is 0 Å². The van der Waals surface area contributed by atoms with Gasteiger partial charge < -0.3 is 10.4 Å². The molecule has 4 heteroatoms. The van der Waals surface area contributed by atoms with E-state index in [2.05, 4.69) is 5.32 Å². The van der Waals surface area contributed by atoms with Crippen LogP contribution in [0.2, 0.25) is 0 Å². The molecule has 0 bridgehead atoms. The van der Waals surface area contributed by atoms with Crippen molar-refractivity contribution in [2.75, 3.05) is 5.32 Å². The molecule has 0 fully saturated rings. The first-order valence-electron chi connectivity index (χ1n) is 7.90. The highest BCUT2D eigenvalue weighted by Gasteiger charge is 2.12. The second kappa shape index (κ2) is 7.45. The Morgan fingerprint density at radius 3 is 2.12 bits per heavy atom. The largest absolute Gasteiger partial charge is 0.478 e. The van der Waals surface area contributed by atoms with E-state index in [-0.39, 0.29) is 11.5 Å². The van der Waals surface area contributed by atoms with E-state index in [1.807, 2.05) is 48.5 Å². The van der Waals surface area contributed by atoms with Gasteiger partial charge in [0.25, 0.3) is 5.91 Å². The first-order valence-corrected chi connectivity index (χ1v) is 7.90. The van der Waals surface area contributed by atoms with Gasteiger partial charge in [-0.05, 0) is 47.9 Å². The molecular formula is C21H17NO3. The van der Waals surface area contributed by atoms with E-state index in [9.17, 15) is 9.59 Å². The number of carbonyl (C=O) groups is 2. The van der Waals surface area contributed by atoms with Crippen LogP contribution in [0.5, 0.6) is 0 Å². The van der Waals surface area contributed by atoms with Gasteiger partial charge in [0.1, 0.15) is 0 Å². The van der Waals surface area contributed by atoms with Crippen molar-refractivity contribution in [3.05, 3.63) is 101 Å². The molecule has 3 aromatic rings. The number of aromatic carboxylic acids is 1. The Balaban J connectivity index is 1.79. The average Bonchev–Trinajstić information content (AvgIpc) is 2.63. The molecule has 25 heavy (non-hydrogen) atoms. The normalized spacial score (nSPS) is 10.2. The van der Waals surface area contributed by atoms with Gasteiger partial charge in [0.15, 0.2) is 0 Å². The fraction of sp³-hybridized carbons (Fsp3) is 0.0476. The van der Waals surface area contributed by atoms with Crippen LogP contribution in [0.1, 0.15) is 31.8 Å². The summed E-state index contributed by atoms with van der Waals surface area (Å²) < 4.78 is 0. The number of hydrogen-bond acceptors (Lipinski definition) is 2. The van der Waals surface area contributed by atoms with E-state index in [0.29, 0.717) is 17.7 Å². The van der Waals surface area contributed by atoms with Crippen molar-refractivity contribution in [1.82, 2.24) is 0 Å². The predicted octanol–water partition coefficient (Wildman–Crippen LogP) is 4.23. The van der Waals surface area contributed by atoms with Crippen molar-refractivity contribution in [2.24, 2.45) is 0 Å². The summed E-state index contributed by atoms with van der Waals surface area (Å²) in [5.74, 6) is -1.21. The Bertz CT molecular complexity index is 887. The topological polar surface area (TPSA) is 66.4 Å². The van der Waals surface area contributed by atoms with Crippen molar-refractivity contribution in [2.45, 2.75) is 6.42 Å². The number of nitrogens with one attached hydrogen (secondary N) is 1. The highest BCUT2D eigenvalue weighted by Crippen LogP contribution is 2.17. The zero-order chi connectivity index (χ0) is 17.6. The Labute approximate surface area is 145 Å². The van der Waals surface area contributed by atoms with Gasteiger partial charge in [0.05, 0.1) is 5.56 Å². The third-order valence-electron chi connectivity index (χ3n) is 3.89. The van der Waals surface area contributed by atoms with E-state index in [4.69, 9.17) is 5.11 Å². The summed E-state index contributed by atoms with van der Waals surface area (Å²) in [4.78, 5) is 23.5. The van der Waals surface area contributed by atoms with Crippen molar-refractivity contribution in [1.29, 1.82) is 0 Å². The molecule has 0 aliphatic heterocycles. The number of benzene rings is 3. The van der Waals surface area contributed by atoms with Crippen LogP contribution in [0.4, 0.5) is 5.69 Å². The molecule has 4 nitrogen and oxygen atoms in total. The van der Waals surface area contributed by atoms with Crippen molar-refractivity contribution in [3.8, 4) is 0 Å². The van der Waals surface area contributed by atoms with Gasteiger partial charge in [-0.25, -0.2) is 4.79 Å². The van der Waals surface area contributed by atoms with Crippen molar-refractivity contribution in [3.63, 3.8) is 0 Å². The van der Waals surface area contributed by atoms with Gasteiger partial charge in [-0.2, -0.15) is 0 Å². The molecule has 3 aromatic carbocycles. The van der Waals surface area contributed by atoms with Gasteiger partial charge in [-0.3, -0.25) is 4.79 Å². The molecule has 0 saturated heterocycles. The first kappa shape index (κ1) is 16.5. The predicted molar refractivity (Wildman–Crippen MR) is 97.0 cm³/mol. The molecule has 124 valence electrons. The fourth-order valence-electron chi connectivity index (χ4n) is 2.61. The van der Waals surface area contributed by atoms with Gasteiger partial charge in [-0.1, -0.05) is 48.5 Å². The Hall–Kier alpha value is -3.40. The highest BCUT2D eigenvalue weighted by molar-refractivity contribution is 6.05. The van der Waals surface area contributed by atoms with Gasteiger partial charge >= 0.3 is 5.97 Å². The number of rotatable bonds is 5. The molecule has 0 saturated carbocycles. The van der Waals surface area contributed by atoms with Crippen LogP contribution in [0, 0.1) is 0 Å². The molecule has 0 atom stereocenters. The molecule has 3 rings (SSSR count). The van der Waals surface area contributed by atoms with E-state index < -0.39 is 5.97 Å². The quantitative estimate of drug-likeness (QED) is 0.735. The molecule has 0 aromatic heterocycles. The molecular weight excluding hydrogens is 314 g/mol. The molecule has 0 heterocycles. The second-order valence-electron chi connectivity index (χ2n) is 5.66. The maximum Gasteiger partial charge on any atom is 0.335 e. The monoisotopic (exact) mass is 331 g/mol. The van der Waals surface area contributed by atoms with Crippen molar-refractivity contribution < 1.29 is 14.7 Å². The minimum atomic E-state index is -0.994. The third kappa shape index (κ3) is 4.12. The van der Waals surface area contributed by atoms with Crippen molar-refractivity contribution >= 4 is 17.6 Å². The maximum atomic E-state index is 12.6. The molecule has 2 N–H and O–H groups in total. The van der Waals surface area contributed by atoms with Gasteiger partial charge in [-0.15, -0.1) is 0 Å². The Morgan fingerprint density at radius 2 is 1.44 bits per heavy atom. The molecule has 0 radical (unpaired) electrons. The van der Waals surface area contributed by atoms with Gasteiger partial charge in [0.2, 0.25) is 0 Å². The summed E-state index contributed by atoms with van der Waals surface area (Å²) in [7, 11) is 0. The zero-order valence-electron chi connectivity index (χ0n) is 13.5. The lowest BCUT2D eigenvalue weighted by atomic mass is 9.99. The Kier molecular flexibility index (Phi) is 4.90. The van der Waals surface area contributed by atoms with Crippen LogP contribution in [-0.4, -0.2) is 17.0 Å². The highest BCUT2D eigenvalue weighted by atomic mass is 16.4. The second-order valence-corrected chi connectivity index (χ2v) is 5.66. The van der Waals surface area contributed by atoms with Crippen LogP contribution in [0.3, 0.4) is 0 Å². The van der Waals surface area contributed by atoms with E-state index in [1.54, 1.807) is 18.2 Å². The summed E-state index contributed by atoms with van der Waals surface area (Å²) in [6, 6.07) is 23.5. The first-order chi connectivity index (χ1) is 12.1. The van der Waals surface area contributed by atoms with E-state index in [0.717, 1.165) is 11.1 Å². The molecule has 0 spiro atoms. The van der Waals surface area contributed by atoms with E-state index in [1.165, 1.54) is 12.1 Å². The molecule has 1 amide bonds. The lowest BCUT2D eigenvalue weighted by molar-refractivity contribution is 0.0696. The minimum absolute atomic E-state index is 0.183. The van der Waals surface area contributed by atoms with Crippen LogP contribution in [0.15, 0.2) is 78.9 Å². The number of carboxylic acids is 1. The number of carboxylic acid groups (broad SMARTS) is 1. The van der Waals surface area contributed by atoms with Crippen LogP contribution in [0.25, 0.3) is 0 Å². The minimum Gasteiger partial charge on any atom is -0.478 e. The Morgan fingerprint density at radius 1 is 0.800 bits per heavy atom. The lowest BCUT2D eigenvalue weighted by Crippen LogP contribution is -2.14. The van der Waals surface area contributed by atoms with Gasteiger partial charge in [0, 0.05) is 11.3 Å². The molecule has 0 aliphatic rings. The number of anilines is 1. The summed E-state index contributed by atoms with van der Waals surface area (Å²) >= 11 is 0. The number of carbonyl (C=O) groups excluding carboxylic acids is 1. The van der Waals surface area contributed by atoms with Crippen LogP contribution < -0.4 is 5.32 Å². The SMILES string of the molecule is O=C(O)c1ccc(NC(=O)c2ccccc2Cc2ccccc2)cc1. The smallest absolute Gasteiger partial charge is 0.335 e.